The third-order valence-corrected chi connectivity index (χ3v) is 4.02. The molecule has 7 nitrogen and oxygen atoms in total. The van der Waals surface area contributed by atoms with Gasteiger partial charge in [-0.15, -0.1) is 0 Å². The molecule has 27 heavy (non-hydrogen) atoms. The third-order valence-electron chi connectivity index (χ3n) is 4.02. The van der Waals surface area contributed by atoms with Crippen molar-refractivity contribution in [2.75, 3.05) is 13.7 Å². The maximum absolute atomic E-state index is 12.4. The Balaban J connectivity index is 1.71. The first-order valence-electron chi connectivity index (χ1n) is 8.37. The number of rotatable bonds is 5. The van der Waals surface area contributed by atoms with Gasteiger partial charge in [0.25, 0.3) is 5.89 Å². The van der Waals surface area contributed by atoms with Crippen molar-refractivity contribution in [2.45, 2.75) is 6.92 Å². The van der Waals surface area contributed by atoms with Gasteiger partial charge in [0.2, 0.25) is 5.82 Å². The van der Waals surface area contributed by atoms with E-state index in [1.165, 1.54) is 0 Å². The van der Waals surface area contributed by atoms with E-state index in [0.717, 1.165) is 16.7 Å². The zero-order valence-electron chi connectivity index (χ0n) is 14.8. The maximum Gasteiger partial charge on any atom is 0.349 e. The van der Waals surface area contributed by atoms with Gasteiger partial charge in [0.05, 0.1) is 13.7 Å². The Morgan fingerprint density at radius 2 is 1.81 bits per heavy atom. The molecule has 0 fully saturated rings. The van der Waals surface area contributed by atoms with Crippen molar-refractivity contribution < 1.29 is 18.4 Å². The molecule has 0 N–H and O–H groups in total. The fourth-order valence-corrected chi connectivity index (χ4v) is 2.69. The Bertz CT molecular complexity index is 1150. The van der Waals surface area contributed by atoms with E-state index in [9.17, 15) is 4.79 Å². The summed E-state index contributed by atoms with van der Waals surface area (Å²) >= 11 is 0. The first kappa shape index (κ1) is 16.8. The van der Waals surface area contributed by atoms with Crippen molar-refractivity contribution in [2.24, 2.45) is 0 Å². The average molecular weight is 364 g/mol. The highest BCUT2D eigenvalue weighted by Crippen LogP contribution is 2.26. The normalized spacial score (nSPS) is 10.9. The summed E-state index contributed by atoms with van der Waals surface area (Å²) in [6.45, 7) is 2.42. The van der Waals surface area contributed by atoms with E-state index in [1.54, 1.807) is 31.4 Å². The number of fused-ring (bicyclic) bond motifs is 1. The van der Waals surface area contributed by atoms with E-state index in [4.69, 9.17) is 18.4 Å². The summed E-state index contributed by atoms with van der Waals surface area (Å²) in [4.78, 5) is 16.7. The van der Waals surface area contributed by atoms with Crippen LogP contribution in [0.5, 0.6) is 11.5 Å². The first-order chi connectivity index (χ1) is 13.2. The minimum Gasteiger partial charge on any atom is -0.497 e. The van der Waals surface area contributed by atoms with Crippen LogP contribution in [0.25, 0.3) is 33.8 Å². The van der Waals surface area contributed by atoms with E-state index < -0.39 is 5.63 Å². The van der Waals surface area contributed by atoms with Gasteiger partial charge in [-0.3, -0.25) is 0 Å². The van der Waals surface area contributed by atoms with E-state index >= 15 is 0 Å². The average Bonchev–Trinajstić information content (AvgIpc) is 3.17. The molecule has 7 heteroatoms. The van der Waals surface area contributed by atoms with Gasteiger partial charge in [0.15, 0.2) is 0 Å². The Morgan fingerprint density at radius 1 is 1.04 bits per heavy atom. The predicted molar refractivity (Wildman–Crippen MR) is 98.9 cm³/mol. The monoisotopic (exact) mass is 364 g/mol. The number of nitrogens with zero attached hydrogens (tertiary/aromatic N) is 2. The van der Waals surface area contributed by atoms with Crippen LogP contribution < -0.4 is 15.1 Å². The van der Waals surface area contributed by atoms with Gasteiger partial charge >= 0.3 is 5.63 Å². The van der Waals surface area contributed by atoms with Crippen molar-refractivity contribution in [3.63, 3.8) is 0 Å². The highest BCUT2D eigenvalue weighted by Gasteiger charge is 2.16. The minimum atomic E-state index is -0.555. The van der Waals surface area contributed by atoms with Crippen LogP contribution in [0.1, 0.15) is 6.92 Å². The van der Waals surface area contributed by atoms with Gasteiger partial charge in [-0.25, -0.2) is 4.79 Å². The Morgan fingerprint density at radius 3 is 2.56 bits per heavy atom. The van der Waals surface area contributed by atoms with E-state index in [-0.39, 0.29) is 11.5 Å². The Kier molecular flexibility index (Phi) is 4.33. The summed E-state index contributed by atoms with van der Waals surface area (Å²) in [6, 6.07) is 14.2. The lowest BCUT2D eigenvalue weighted by Gasteiger charge is -2.04. The zero-order valence-corrected chi connectivity index (χ0v) is 14.8. The number of benzene rings is 2. The van der Waals surface area contributed by atoms with Crippen LogP contribution in [0.15, 0.2) is 62.3 Å². The largest absolute Gasteiger partial charge is 0.497 e. The van der Waals surface area contributed by atoms with E-state index in [0.29, 0.717) is 23.8 Å². The lowest BCUT2D eigenvalue weighted by molar-refractivity contribution is 0.340. The Hall–Kier alpha value is -3.61. The van der Waals surface area contributed by atoms with Crippen molar-refractivity contribution in [3.05, 3.63) is 59.0 Å². The molecule has 4 rings (SSSR count). The second kappa shape index (κ2) is 6.95. The fourth-order valence-electron chi connectivity index (χ4n) is 2.69. The molecule has 0 spiro atoms. The summed E-state index contributed by atoms with van der Waals surface area (Å²) in [5, 5.41) is 4.68. The van der Waals surface area contributed by atoms with Crippen molar-refractivity contribution in [1.29, 1.82) is 0 Å². The molecule has 0 bridgehead atoms. The molecule has 0 aliphatic heterocycles. The number of hydrogen-bond donors (Lipinski definition) is 0. The molecule has 0 aliphatic rings. The standard InChI is InChI=1S/C20H16N2O5/c1-3-25-15-9-6-13-10-16(20(23)26-17(13)11-15)19-21-18(22-27-19)12-4-7-14(24-2)8-5-12/h4-11H,3H2,1-2H3. The number of aromatic nitrogens is 2. The summed E-state index contributed by atoms with van der Waals surface area (Å²) in [5.41, 5.74) is 0.835. The second-order valence-electron chi connectivity index (χ2n) is 5.73. The molecular weight excluding hydrogens is 348 g/mol. The maximum atomic E-state index is 12.4. The minimum absolute atomic E-state index is 0.102. The molecule has 0 amide bonds. The quantitative estimate of drug-likeness (QED) is 0.496. The predicted octanol–water partition coefficient (Wildman–Crippen LogP) is 3.92. The van der Waals surface area contributed by atoms with Gasteiger partial charge in [-0.1, -0.05) is 5.16 Å². The van der Waals surface area contributed by atoms with Crippen molar-refractivity contribution in [3.8, 4) is 34.3 Å². The smallest absolute Gasteiger partial charge is 0.349 e. The molecule has 0 radical (unpaired) electrons. The van der Waals surface area contributed by atoms with Crippen LogP contribution in [0.2, 0.25) is 0 Å². The van der Waals surface area contributed by atoms with Gasteiger partial charge in [-0.2, -0.15) is 4.98 Å². The van der Waals surface area contributed by atoms with Crippen LogP contribution in [-0.2, 0) is 0 Å². The number of methoxy groups -OCH3 is 1. The van der Waals surface area contributed by atoms with Crippen LogP contribution >= 0.6 is 0 Å². The second-order valence-corrected chi connectivity index (χ2v) is 5.73. The number of hydrogen-bond acceptors (Lipinski definition) is 7. The molecule has 0 saturated carbocycles. The molecule has 4 aromatic rings. The van der Waals surface area contributed by atoms with Gasteiger partial charge in [0, 0.05) is 17.0 Å². The summed E-state index contributed by atoms with van der Waals surface area (Å²) in [7, 11) is 1.60. The summed E-state index contributed by atoms with van der Waals surface area (Å²) in [5.74, 6) is 1.84. The molecular formula is C20H16N2O5. The summed E-state index contributed by atoms with van der Waals surface area (Å²) in [6.07, 6.45) is 0. The van der Waals surface area contributed by atoms with Crippen LogP contribution in [0, 0.1) is 0 Å². The van der Waals surface area contributed by atoms with Gasteiger partial charge in [-0.05, 0) is 49.4 Å². The molecule has 0 atom stereocenters. The van der Waals surface area contributed by atoms with Crippen LogP contribution in [0.3, 0.4) is 0 Å². The Labute approximate surface area is 154 Å². The molecule has 0 aliphatic carbocycles. The van der Waals surface area contributed by atoms with Crippen molar-refractivity contribution in [1.82, 2.24) is 10.1 Å². The first-order valence-corrected chi connectivity index (χ1v) is 8.37. The molecule has 136 valence electrons. The zero-order chi connectivity index (χ0) is 18.8. The lowest BCUT2D eigenvalue weighted by Crippen LogP contribution is -2.03. The van der Waals surface area contributed by atoms with Crippen LogP contribution in [0.4, 0.5) is 0 Å². The van der Waals surface area contributed by atoms with E-state index in [2.05, 4.69) is 10.1 Å². The highest BCUT2D eigenvalue weighted by molar-refractivity contribution is 5.81. The topological polar surface area (TPSA) is 87.6 Å². The molecule has 2 aromatic carbocycles. The number of ether oxygens (including phenoxy) is 2. The van der Waals surface area contributed by atoms with Crippen molar-refractivity contribution >= 4 is 11.0 Å². The van der Waals surface area contributed by atoms with Gasteiger partial charge in [0.1, 0.15) is 22.6 Å². The fraction of sp³-hybridized carbons (Fsp3) is 0.150. The van der Waals surface area contributed by atoms with Crippen LogP contribution in [-0.4, -0.2) is 23.9 Å². The molecule has 2 heterocycles. The summed E-state index contributed by atoms with van der Waals surface area (Å²) < 4.78 is 21.2. The SMILES string of the molecule is CCOc1ccc2cc(-c3nc(-c4ccc(OC)cc4)no3)c(=O)oc2c1. The molecule has 2 aromatic heterocycles. The molecule has 0 unspecified atom stereocenters. The highest BCUT2D eigenvalue weighted by atomic mass is 16.5. The third kappa shape index (κ3) is 3.27. The van der Waals surface area contributed by atoms with E-state index in [1.807, 2.05) is 31.2 Å². The lowest BCUT2D eigenvalue weighted by atomic mass is 10.1. The van der Waals surface area contributed by atoms with Gasteiger partial charge < -0.3 is 18.4 Å². The molecule has 0 saturated heterocycles.